The van der Waals surface area contributed by atoms with Crippen molar-refractivity contribution in [2.45, 2.75) is 20.0 Å². The van der Waals surface area contributed by atoms with Crippen molar-refractivity contribution in [1.82, 2.24) is 0 Å². The first kappa shape index (κ1) is 12.3. The quantitative estimate of drug-likeness (QED) is 0.858. The third-order valence-electron chi connectivity index (χ3n) is 2.05. The zero-order chi connectivity index (χ0) is 11.4. The second-order valence-electron chi connectivity index (χ2n) is 3.52. The predicted octanol–water partition coefficient (Wildman–Crippen LogP) is 2.75. The van der Waals surface area contributed by atoms with E-state index < -0.39 is 0 Å². The fourth-order valence-corrected chi connectivity index (χ4v) is 1.70. The van der Waals surface area contributed by atoms with Gasteiger partial charge >= 0.3 is 0 Å². The van der Waals surface area contributed by atoms with E-state index >= 15 is 0 Å². The van der Waals surface area contributed by atoms with E-state index in [-0.39, 0.29) is 6.10 Å². The first-order valence-electron chi connectivity index (χ1n) is 4.75. The molecule has 3 nitrogen and oxygen atoms in total. The first-order valence-corrected chi connectivity index (χ1v) is 5.55. The Balaban J connectivity index is 2.81. The molecule has 1 aromatic rings. The van der Waals surface area contributed by atoms with Crippen LogP contribution in [0.25, 0.3) is 0 Å². The van der Waals surface area contributed by atoms with Crippen LogP contribution < -0.4 is 10.5 Å². The maximum Gasteiger partial charge on any atom is 0.134 e. The van der Waals surface area contributed by atoms with Gasteiger partial charge in [0.25, 0.3) is 0 Å². The van der Waals surface area contributed by atoms with Crippen LogP contribution in [-0.4, -0.2) is 19.8 Å². The number of hydrogen-bond donors (Lipinski definition) is 1. The van der Waals surface area contributed by atoms with Crippen molar-refractivity contribution in [3.05, 3.63) is 22.2 Å². The average Bonchev–Trinajstić information content (AvgIpc) is 2.14. The molecule has 0 fully saturated rings. The minimum Gasteiger partial charge on any atom is -0.487 e. The lowest BCUT2D eigenvalue weighted by Crippen LogP contribution is -2.18. The molecule has 0 aromatic heterocycles. The van der Waals surface area contributed by atoms with Gasteiger partial charge in [-0.15, -0.1) is 0 Å². The van der Waals surface area contributed by atoms with Gasteiger partial charge in [-0.1, -0.05) is 0 Å². The van der Waals surface area contributed by atoms with Crippen molar-refractivity contribution in [3.63, 3.8) is 0 Å². The smallest absolute Gasteiger partial charge is 0.134 e. The molecule has 0 aliphatic rings. The molecular weight excluding hydrogens is 258 g/mol. The maximum atomic E-state index is 5.77. The van der Waals surface area contributed by atoms with E-state index in [4.69, 9.17) is 15.2 Å². The van der Waals surface area contributed by atoms with E-state index in [1.807, 2.05) is 26.0 Å². The Morgan fingerprint density at radius 1 is 1.47 bits per heavy atom. The van der Waals surface area contributed by atoms with E-state index in [1.165, 1.54) is 0 Å². The Kier molecular flexibility index (Phi) is 4.42. The van der Waals surface area contributed by atoms with E-state index in [2.05, 4.69) is 15.9 Å². The summed E-state index contributed by atoms with van der Waals surface area (Å²) in [5.41, 5.74) is 7.54. The Labute approximate surface area is 98.7 Å². The lowest BCUT2D eigenvalue weighted by molar-refractivity contribution is 0.0915. The molecule has 0 saturated heterocycles. The topological polar surface area (TPSA) is 44.5 Å². The molecule has 0 saturated carbocycles. The number of anilines is 1. The number of aryl methyl sites for hydroxylation is 1. The minimum absolute atomic E-state index is 0.0225. The highest BCUT2D eigenvalue weighted by Gasteiger charge is 2.08. The Morgan fingerprint density at radius 2 is 2.13 bits per heavy atom. The molecule has 4 heteroatoms. The Hall–Kier alpha value is -0.740. The zero-order valence-corrected chi connectivity index (χ0v) is 10.8. The summed E-state index contributed by atoms with van der Waals surface area (Å²) in [5.74, 6) is 0.797. The molecule has 1 atom stereocenters. The average molecular weight is 274 g/mol. The van der Waals surface area contributed by atoms with Crippen LogP contribution in [0, 0.1) is 6.92 Å². The van der Waals surface area contributed by atoms with Gasteiger partial charge in [-0.25, -0.2) is 0 Å². The van der Waals surface area contributed by atoms with Crippen molar-refractivity contribution in [1.29, 1.82) is 0 Å². The highest BCUT2D eigenvalue weighted by molar-refractivity contribution is 9.10. The van der Waals surface area contributed by atoms with Gasteiger partial charge in [0, 0.05) is 12.8 Å². The molecule has 0 spiro atoms. The van der Waals surface area contributed by atoms with Gasteiger partial charge in [0.15, 0.2) is 0 Å². The minimum atomic E-state index is 0.0225. The van der Waals surface area contributed by atoms with Crippen molar-refractivity contribution < 1.29 is 9.47 Å². The van der Waals surface area contributed by atoms with E-state index in [0.717, 1.165) is 21.5 Å². The van der Waals surface area contributed by atoms with Gasteiger partial charge in [0.1, 0.15) is 11.9 Å². The normalized spacial score (nSPS) is 12.5. The third-order valence-corrected chi connectivity index (χ3v) is 2.67. The molecule has 15 heavy (non-hydrogen) atoms. The van der Waals surface area contributed by atoms with Gasteiger partial charge < -0.3 is 15.2 Å². The number of methoxy groups -OCH3 is 1. The van der Waals surface area contributed by atoms with Crippen molar-refractivity contribution in [3.8, 4) is 5.75 Å². The summed E-state index contributed by atoms with van der Waals surface area (Å²) in [6, 6.07) is 3.77. The summed E-state index contributed by atoms with van der Waals surface area (Å²) in [5, 5.41) is 0. The number of nitrogens with two attached hydrogens (primary N) is 1. The van der Waals surface area contributed by atoms with Crippen LogP contribution in [0.1, 0.15) is 12.5 Å². The molecule has 0 aliphatic carbocycles. The van der Waals surface area contributed by atoms with Crippen LogP contribution in [0.3, 0.4) is 0 Å². The van der Waals surface area contributed by atoms with E-state index in [9.17, 15) is 0 Å². The molecule has 0 radical (unpaired) electrons. The van der Waals surface area contributed by atoms with Crippen LogP contribution in [0.5, 0.6) is 5.75 Å². The van der Waals surface area contributed by atoms with Crippen molar-refractivity contribution in [2.75, 3.05) is 19.5 Å². The summed E-state index contributed by atoms with van der Waals surface area (Å²) in [6.45, 7) is 4.48. The van der Waals surface area contributed by atoms with E-state index in [1.54, 1.807) is 7.11 Å². The van der Waals surface area contributed by atoms with Crippen LogP contribution in [0.4, 0.5) is 5.69 Å². The molecule has 2 N–H and O–H groups in total. The van der Waals surface area contributed by atoms with Gasteiger partial charge in [-0.3, -0.25) is 0 Å². The fourth-order valence-electron chi connectivity index (χ4n) is 1.25. The predicted molar refractivity (Wildman–Crippen MR) is 65.3 cm³/mol. The molecule has 84 valence electrons. The Bertz CT molecular complexity index is 342. The first-order chi connectivity index (χ1) is 7.04. The monoisotopic (exact) mass is 273 g/mol. The zero-order valence-electron chi connectivity index (χ0n) is 9.21. The third kappa shape index (κ3) is 3.39. The van der Waals surface area contributed by atoms with Crippen molar-refractivity contribution in [2.24, 2.45) is 0 Å². The number of nitrogen functional groups attached to an aromatic ring is 1. The van der Waals surface area contributed by atoms with Crippen LogP contribution in [0.15, 0.2) is 16.6 Å². The lowest BCUT2D eigenvalue weighted by Gasteiger charge is -2.16. The van der Waals surface area contributed by atoms with Crippen molar-refractivity contribution >= 4 is 21.6 Å². The summed E-state index contributed by atoms with van der Waals surface area (Å²) >= 11 is 3.42. The Morgan fingerprint density at radius 3 is 2.73 bits per heavy atom. The maximum absolute atomic E-state index is 5.77. The largest absolute Gasteiger partial charge is 0.487 e. The number of halogens is 1. The standard InChI is InChI=1S/C11H16BrNO2/c1-7-4-11(9(12)5-10(7)13)15-8(2)6-14-3/h4-5,8H,6,13H2,1-3H3. The number of ether oxygens (including phenoxy) is 2. The van der Waals surface area contributed by atoms with E-state index in [0.29, 0.717) is 6.61 Å². The SMILES string of the molecule is COCC(C)Oc1cc(C)c(N)cc1Br. The summed E-state index contributed by atoms with van der Waals surface area (Å²) < 4.78 is 11.6. The van der Waals surface area contributed by atoms with Crippen LogP contribution in [0.2, 0.25) is 0 Å². The van der Waals surface area contributed by atoms with Crippen LogP contribution >= 0.6 is 15.9 Å². The molecule has 0 heterocycles. The second-order valence-corrected chi connectivity index (χ2v) is 4.38. The molecule has 1 rings (SSSR count). The molecule has 0 bridgehead atoms. The summed E-state index contributed by atoms with van der Waals surface area (Å²) in [6.07, 6.45) is 0.0225. The van der Waals surface area contributed by atoms with Gasteiger partial charge in [0.05, 0.1) is 11.1 Å². The highest BCUT2D eigenvalue weighted by atomic mass is 79.9. The van der Waals surface area contributed by atoms with Gasteiger partial charge in [-0.2, -0.15) is 0 Å². The van der Waals surface area contributed by atoms with Gasteiger partial charge in [0.2, 0.25) is 0 Å². The van der Waals surface area contributed by atoms with Crippen LogP contribution in [-0.2, 0) is 4.74 Å². The molecular formula is C11H16BrNO2. The molecule has 0 aliphatic heterocycles. The number of benzene rings is 1. The highest BCUT2D eigenvalue weighted by Crippen LogP contribution is 2.30. The summed E-state index contributed by atoms with van der Waals surface area (Å²) in [4.78, 5) is 0. The molecule has 0 amide bonds. The number of rotatable bonds is 4. The fraction of sp³-hybridized carbons (Fsp3) is 0.455. The second kappa shape index (κ2) is 5.37. The van der Waals surface area contributed by atoms with Gasteiger partial charge in [-0.05, 0) is 47.5 Å². The lowest BCUT2D eigenvalue weighted by atomic mass is 10.2. The molecule has 1 aromatic carbocycles. The summed E-state index contributed by atoms with van der Waals surface area (Å²) in [7, 11) is 1.66. The molecule has 1 unspecified atom stereocenters. The number of hydrogen-bond acceptors (Lipinski definition) is 3.